The van der Waals surface area contributed by atoms with Crippen molar-refractivity contribution in [3.63, 3.8) is 0 Å². The lowest BCUT2D eigenvalue weighted by molar-refractivity contribution is 0.328. The molecule has 0 saturated carbocycles. The zero-order valence-corrected chi connectivity index (χ0v) is 11.5. The second kappa shape index (κ2) is 6.84. The number of aryl methyl sites for hydroxylation is 1. The van der Waals surface area contributed by atoms with E-state index in [-0.39, 0.29) is 5.43 Å². The molecule has 0 spiro atoms. The third-order valence-electron chi connectivity index (χ3n) is 2.35. The molecule has 1 aromatic carbocycles. The number of para-hydroxylation sites is 1. The van der Waals surface area contributed by atoms with E-state index in [1.165, 1.54) is 12.5 Å². The van der Waals surface area contributed by atoms with E-state index in [1.54, 1.807) is 0 Å². The number of pyridine rings is 1. The smallest absolute Gasteiger partial charge is 0.195 e. The van der Waals surface area contributed by atoms with Crippen molar-refractivity contribution in [2.75, 3.05) is 6.61 Å². The van der Waals surface area contributed by atoms with Gasteiger partial charge in [0.1, 0.15) is 0 Å². The predicted molar refractivity (Wildman–Crippen MR) is 76.4 cm³/mol. The molecule has 0 bridgehead atoms. The van der Waals surface area contributed by atoms with Crippen LogP contribution in [0.2, 0.25) is 0 Å². The van der Waals surface area contributed by atoms with Gasteiger partial charge >= 0.3 is 0 Å². The first kappa shape index (κ1) is 14.3. The summed E-state index contributed by atoms with van der Waals surface area (Å²) < 4.78 is 5.29. The van der Waals surface area contributed by atoms with Crippen LogP contribution in [-0.4, -0.2) is 11.6 Å². The Hall–Kier alpha value is -1.77. The molecule has 2 aromatic rings. The summed E-state index contributed by atoms with van der Waals surface area (Å²) in [6.45, 7) is 8.65. The second-order valence-electron chi connectivity index (χ2n) is 4.14. The molecule has 98 valence electrons. The summed E-state index contributed by atoms with van der Waals surface area (Å²) in [6.07, 6.45) is 1.25. The van der Waals surface area contributed by atoms with Crippen molar-refractivity contribution in [1.29, 1.82) is 0 Å². The van der Waals surface area contributed by atoms with Gasteiger partial charge in [-0.2, -0.15) is 0 Å². The molecule has 3 nitrogen and oxygen atoms in total. The number of aromatic nitrogens is 1. The Kier molecular flexibility index (Phi) is 5.43. The van der Waals surface area contributed by atoms with Crippen LogP contribution in [0.15, 0.2) is 29.1 Å². The largest absolute Gasteiger partial charge is 0.479 e. The van der Waals surface area contributed by atoms with Crippen molar-refractivity contribution in [3.05, 3.63) is 40.1 Å². The first-order valence-corrected chi connectivity index (χ1v) is 6.39. The van der Waals surface area contributed by atoms with E-state index in [1.807, 2.05) is 32.0 Å². The van der Waals surface area contributed by atoms with Crippen LogP contribution in [0.5, 0.6) is 5.88 Å². The van der Waals surface area contributed by atoms with Gasteiger partial charge in [-0.25, -0.2) is 0 Å². The number of fused-ring (bicyclic) bond motifs is 1. The Morgan fingerprint density at radius 1 is 1.22 bits per heavy atom. The summed E-state index contributed by atoms with van der Waals surface area (Å²) in [5.41, 5.74) is 1.90. The van der Waals surface area contributed by atoms with Crippen LogP contribution in [0.1, 0.15) is 32.8 Å². The number of hydrogen-bond donors (Lipinski definition) is 1. The van der Waals surface area contributed by atoms with Crippen molar-refractivity contribution >= 4 is 10.9 Å². The number of ether oxygens (including phenoxy) is 1. The molecule has 0 amide bonds. The molecule has 0 aliphatic carbocycles. The standard InChI is InChI=1S/C12H13NO2.C3H8/c1-3-15-11-7-10(14)9-6-4-5-8(2)12(9)13-11;1-3-2/h4-7H,3H2,1-2H3,(H,13,14);3H2,1-2H3. The van der Waals surface area contributed by atoms with Gasteiger partial charge in [-0.3, -0.25) is 4.79 Å². The molecular formula is C15H21NO2. The zero-order valence-electron chi connectivity index (χ0n) is 11.5. The van der Waals surface area contributed by atoms with Gasteiger partial charge in [-0.05, 0) is 25.5 Å². The molecule has 0 aliphatic rings. The lowest BCUT2D eigenvalue weighted by atomic mass is 10.1. The van der Waals surface area contributed by atoms with E-state index in [4.69, 9.17) is 4.74 Å². The third kappa shape index (κ3) is 3.36. The lowest BCUT2D eigenvalue weighted by Crippen LogP contribution is -2.05. The summed E-state index contributed by atoms with van der Waals surface area (Å²) in [5.74, 6) is 0.532. The van der Waals surface area contributed by atoms with Crippen molar-refractivity contribution in [1.82, 2.24) is 4.98 Å². The van der Waals surface area contributed by atoms with E-state index in [0.717, 1.165) is 11.1 Å². The van der Waals surface area contributed by atoms with Crippen molar-refractivity contribution in [2.45, 2.75) is 34.1 Å². The number of benzene rings is 1. The normalized spacial score (nSPS) is 9.78. The molecular weight excluding hydrogens is 226 g/mol. The van der Waals surface area contributed by atoms with E-state index >= 15 is 0 Å². The highest BCUT2D eigenvalue weighted by Crippen LogP contribution is 2.15. The minimum absolute atomic E-state index is 0.00380. The fourth-order valence-electron chi connectivity index (χ4n) is 1.63. The summed E-state index contributed by atoms with van der Waals surface area (Å²) in [5, 5.41) is 0.707. The zero-order chi connectivity index (χ0) is 13.5. The van der Waals surface area contributed by atoms with Gasteiger partial charge in [-0.1, -0.05) is 32.4 Å². The van der Waals surface area contributed by atoms with Crippen molar-refractivity contribution < 1.29 is 4.74 Å². The Balaban J connectivity index is 0.000000492. The van der Waals surface area contributed by atoms with Crippen LogP contribution in [0.3, 0.4) is 0 Å². The van der Waals surface area contributed by atoms with Gasteiger partial charge in [0, 0.05) is 11.5 Å². The minimum Gasteiger partial charge on any atom is -0.479 e. The maximum atomic E-state index is 11.7. The lowest BCUT2D eigenvalue weighted by Gasteiger charge is -2.06. The molecule has 2 rings (SSSR count). The molecule has 18 heavy (non-hydrogen) atoms. The molecule has 0 unspecified atom stereocenters. The number of nitrogens with one attached hydrogen (secondary N) is 1. The average molecular weight is 247 g/mol. The van der Waals surface area contributed by atoms with Crippen LogP contribution in [0.25, 0.3) is 10.9 Å². The number of rotatable bonds is 2. The Bertz CT molecular complexity index is 558. The Morgan fingerprint density at radius 3 is 2.50 bits per heavy atom. The fourth-order valence-corrected chi connectivity index (χ4v) is 1.63. The van der Waals surface area contributed by atoms with Crippen LogP contribution in [0, 0.1) is 6.92 Å². The van der Waals surface area contributed by atoms with Gasteiger partial charge < -0.3 is 9.72 Å². The summed E-state index contributed by atoms with van der Waals surface area (Å²) >= 11 is 0. The molecule has 3 heteroatoms. The first-order valence-electron chi connectivity index (χ1n) is 6.39. The SMILES string of the molecule is CCC.CCOc1cc(=O)c2cccc(C)c2[nH]1. The molecule has 0 aliphatic heterocycles. The average Bonchev–Trinajstić information content (AvgIpc) is 2.32. The highest BCUT2D eigenvalue weighted by atomic mass is 16.5. The minimum atomic E-state index is -0.00380. The predicted octanol–water partition coefficient (Wildman–Crippen LogP) is 3.65. The second-order valence-corrected chi connectivity index (χ2v) is 4.14. The van der Waals surface area contributed by atoms with E-state index in [0.29, 0.717) is 17.9 Å². The van der Waals surface area contributed by atoms with Crippen LogP contribution in [-0.2, 0) is 0 Å². The monoisotopic (exact) mass is 247 g/mol. The molecule has 1 aromatic heterocycles. The molecule has 0 fully saturated rings. The van der Waals surface area contributed by atoms with E-state index < -0.39 is 0 Å². The van der Waals surface area contributed by atoms with Crippen LogP contribution >= 0.6 is 0 Å². The first-order chi connectivity index (χ1) is 8.63. The van der Waals surface area contributed by atoms with Gasteiger partial charge in [0.25, 0.3) is 0 Å². The summed E-state index contributed by atoms with van der Waals surface area (Å²) in [6, 6.07) is 7.16. The van der Waals surface area contributed by atoms with Crippen molar-refractivity contribution in [2.24, 2.45) is 0 Å². The van der Waals surface area contributed by atoms with E-state index in [9.17, 15) is 4.79 Å². The highest BCUT2D eigenvalue weighted by molar-refractivity contribution is 5.81. The van der Waals surface area contributed by atoms with Crippen molar-refractivity contribution in [3.8, 4) is 5.88 Å². The molecule has 1 heterocycles. The van der Waals surface area contributed by atoms with Gasteiger partial charge in [0.05, 0.1) is 12.1 Å². The molecule has 0 radical (unpaired) electrons. The molecule has 1 N–H and O–H groups in total. The number of H-pyrrole nitrogens is 1. The Morgan fingerprint density at radius 2 is 1.89 bits per heavy atom. The molecule has 0 saturated heterocycles. The summed E-state index contributed by atoms with van der Waals surface area (Å²) in [4.78, 5) is 14.8. The van der Waals surface area contributed by atoms with Gasteiger partial charge in [0.2, 0.25) is 0 Å². The Labute approximate surface area is 108 Å². The third-order valence-corrected chi connectivity index (χ3v) is 2.35. The van der Waals surface area contributed by atoms with Crippen LogP contribution in [0.4, 0.5) is 0 Å². The van der Waals surface area contributed by atoms with Gasteiger partial charge in [-0.15, -0.1) is 0 Å². The highest BCUT2D eigenvalue weighted by Gasteiger charge is 2.03. The maximum absolute atomic E-state index is 11.7. The topological polar surface area (TPSA) is 42.1 Å². The summed E-state index contributed by atoms with van der Waals surface area (Å²) in [7, 11) is 0. The number of aromatic amines is 1. The fraction of sp³-hybridized carbons (Fsp3) is 0.400. The molecule has 0 atom stereocenters. The van der Waals surface area contributed by atoms with Crippen LogP contribution < -0.4 is 10.2 Å². The maximum Gasteiger partial charge on any atom is 0.195 e. The van der Waals surface area contributed by atoms with E-state index in [2.05, 4.69) is 18.8 Å². The number of hydrogen-bond acceptors (Lipinski definition) is 2. The quantitative estimate of drug-likeness (QED) is 0.880. The van der Waals surface area contributed by atoms with Gasteiger partial charge in [0.15, 0.2) is 11.3 Å².